The highest BCUT2D eigenvalue weighted by molar-refractivity contribution is 9.10. The van der Waals surface area contributed by atoms with Crippen molar-refractivity contribution in [2.24, 2.45) is 0 Å². The Morgan fingerprint density at radius 1 is 1.10 bits per heavy atom. The average molecular weight is 455 g/mol. The monoisotopic (exact) mass is 454 g/mol. The van der Waals surface area contributed by atoms with E-state index in [9.17, 15) is 9.59 Å². The molecule has 2 N–H and O–H groups in total. The molecule has 1 unspecified atom stereocenters. The number of nitrogens with one attached hydrogen (secondary N) is 2. The van der Waals surface area contributed by atoms with E-state index in [0.29, 0.717) is 5.69 Å². The molecule has 0 aliphatic rings. The third-order valence-corrected chi connectivity index (χ3v) is 4.98. The molecule has 150 valence electrons. The Bertz CT molecular complexity index is 1030. The smallest absolute Gasteiger partial charge is 0.226 e. The second-order valence-corrected chi connectivity index (χ2v) is 7.83. The third-order valence-electron chi connectivity index (χ3n) is 4.46. The fourth-order valence-corrected chi connectivity index (χ4v) is 3.48. The molecule has 0 aliphatic carbocycles. The maximum absolute atomic E-state index is 12.8. The highest BCUT2D eigenvalue weighted by Gasteiger charge is 2.18. The average Bonchev–Trinajstić information content (AvgIpc) is 3.00. The van der Waals surface area contributed by atoms with Crippen molar-refractivity contribution in [2.75, 3.05) is 5.32 Å². The SMILES string of the molecule is CC(=O)NC(CC(=O)Nc1ccccc1-n1nc(C)cc1C)c1ccc(Br)cc1. The van der Waals surface area contributed by atoms with E-state index in [1.165, 1.54) is 6.92 Å². The van der Waals surface area contributed by atoms with Gasteiger partial charge in [-0.05, 0) is 49.7 Å². The van der Waals surface area contributed by atoms with Gasteiger partial charge in [0.1, 0.15) is 0 Å². The molecule has 1 atom stereocenters. The molecule has 0 radical (unpaired) electrons. The molecule has 29 heavy (non-hydrogen) atoms. The number of benzene rings is 2. The molecule has 7 heteroatoms. The van der Waals surface area contributed by atoms with Crippen LogP contribution < -0.4 is 10.6 Å². The molecule has 3 rings (SSSR count). The molecule has 0 saturated carbocycles. The van der Waals surface area contributed by atoms with Crippen molar-refractivity contribution in [1.82, 2.24) is 15.1 Å². The minimum absolute atomic E-state index is 0.118. The molecule has 0 spiro atoms. The maximum atomic E-state index is 12.8. The number of aromatic nitrogens is 2. The normalized spacial score (nSPS) is 11.7. The summed E-state index contributed by atoms with van der Waals surface area (Å²) in [5.74, 6) is -0.380. The van der Waals surface area contributed by atoms with E-state index in [2.05, 4.69) is 31.7 Å². The number of para-hydroxylation sites is 2. The number of anilines is 1. The summed E-state index contributed by atoms with van der Waals surface area (Å²) in [6, 6.07) is 16.7. The number of nitrogens with zero attached hydrogens (tertiary/aromatic N) is 2. The number of halogens is 1. The number of hydrogen-bond donors (Lipinski definition) is 2. The Morgan fingerprint density at radius 3 is 2.41 bits per heavy atom. The zero-order chi connectivity index (χ0) is 21.0. The van der Waals surface area contributed by atoms with Gasteiger partial charge in [0, 0.05) is 17.1 Å². The number of carbonyl (C=O) groups is 2. The number of carbonyl (C=O) groups excluding carboxylic acids is 2. The van der Waals surface area contributed by atoms with E-state index in [1.807, 2.05) is 73.1 Å². The molecular weight excluding hydrogens is 432 g/mol. The molecule has 3 aromatic rings. The Hall–Kier alpha value is -2.93. The summed E-state index contributed by atoms with van der Waals surface area (Å²) in [7, 11) is 0. The van der Waals surface area contributed by atoms with Crippen molar-refractivity contribution >= 4 is 33.4 Å². The first-order chi connectivity index (χ1) is 13.8. The first-order valence-corrected chi connectivity index (χ1v) is 10.1. The first-order valence-electron chi connectivity index (χ1n) is 9.28. The van der Waals surface area contributed by atoms with Gasteiger partial charge < -0.3 is 10.6 Å². The number of rotatable bonds is 6. The summed E-state index contributed by atoms with van der Waals surface area (Å²) in [6.07, 6.45) is 0.118. The van der Waals surface area contributed by atoms with Gasteiger partial charge in [0.2, 0.25) is 11.8 Å². The van der Waals surface area contributed by atoms with E-state index in [-0.39, 0.29) is 18.2 Å². The van der Waals surface area contributed by atoms with Gasteiger partial charge in [-0.3, -0.25) is 9.59 Å². The van der Waals surface area contributed by atoms with Gasteiger partial charge in [0.25, 0.3) is 0 Å². The van der Waals surface area contributed by atoms with Gasteiger partial charge in [-0.1, -0.05) is 40.2 Å². The lowest BCUT2D eigenvalue weighted by atomic mass is 10.0. The Kier molecular flexibility index (Phi) is 6.49. The Labute approximate surface area is 178 Å². The van der Waals surface area contributed by atoms with Crippen LogP contribution in [0.1, 0.15) is 36.3 Å². The molecule has 0 bridgehead atoms. The first kappa shape index (κ1) is 20.8. The topological polar surface area (TPSA) is 76.0 Å². The van der Waals surface area contributed by atoms with Crippen LogP contribution in [0.3, 0.4) is 0 Å². The van der Waals surface area contributed by atoms with Crippen LogP contribution in [0.2, 0.25) is 0 Å². The molecule has 6 nitrogen and oxygen atoms in total. The highest BCUT2D eigenvalue weighted by Crippen LogP contribution is 2.24. The Balaban J connectivity index is 1.81. The number of aryl methyl sites for hydroxylation is 2. The highest BCUT2D eigenvalue weighted by atomic mass is 79.9. The maximum Gasteiger partial charge on any atom is 0.226 e. The van der Waals surface area contributed by atoms with Gasteiger partial charge in [0.05, 0.1) is 29.5 Å². The minimum atomic E-state index is -0.415. The second-order valence-electron chi connectivity index (χ2n) is 6.91. The van der Waals surface area contributed by atoms with E-state index in [4.69, 9.17) is 0 Å². The van der Waals surface area contributed by atoms with Gasteiger partial charge in [0.15, 0.2) is 0 Å². The van der Waals surface area contributed by atoms with Crippen LogP contribution in [0.15, 0.2) is 59.1 Å². The van der Waals surface area contributed by atoms with Gasteiger partial charge in [-0.15, -0.1) is 0 Å². The number of amides is 2. The largest absolute Gasteiger partial charge is 0.349 e. The summed E-state index contributed by atoms with van der Waals surface area (Å²) in [5, 5.41) is 10.3. The molecule has 0 fully saturated rings. The van der Waals surface area contributed by atoms with Crippen molar-refractivity contribution in [3.63, 3.8) is 0 Å². The summed E-state index contributed by atoms with van der Waals surface area (Å²) in [5.41, 5.74) is 4.22. The molecule has 1 aromatic heterocycles. The number of hydrogen-bond acceptors (Lipinski definition) is 3. The fourth-order valence-electron chi connectivity index (χ4n) is 3.22. The van der Waals surface area contributed by atoms with Crippen molar-refractivity contribution in [3.8, 4) is 5.69 Å². The van der Waals surface area contributed by atoms with Gasteiger partial charge >= 0.3 is 0 Å². The third kappa shape index (κ3) is 5.32. The lowest BCUT2D eigenvalue weighted by Crippen LogP contribution is -2.30. The van der Waals surface area contributed by atoms with Crippen LogP contribution in [0, 0.1) is 13.8 Å². The molecule has 1 heterocycles. The molecule has 2 amide bonds. The van der Waals surface area contributed by atoms with E-state index in [1.54, 1.807) is 0 Å². The zero-order valence-electron chi connectivity index (χ0n) is 16.6. The molecule has 2 aromatic carbocycles. The van der Waals surface area contributed by atoms with E-state index >= 15 is 0 Å². The molecule has 0 saturated heterocycles. The second kappa shape index (κ2) is 9.05. The predicted octanol–water partition coefficient (Wildman–Crippen LogP) is 4.46. The summed E-state index contributed by atoms with van der Waals surface area (Å²) < 4.78 is 2.75. The fraction of sp³-hybridized carbons (Fsp3) is 0.227. The minimum Gasteiger partial charge on any atom is -0.349 e. The van der Waals surface area contributed by atoms with Crippen LogP contribution in [0.25, 0.3) is 5.69 Å². The van der Waals surface area contributed by atoms with E-state index in [0.717, 1.165) is 27.1 Å². The standard InChI is InChI=1S/C22H23BrN4O2/c1-14-12-15(2)27(26-14)21-7-5-4-6-19(21)25-22(29)13-20(24-16(3)28)17-8-10-18(23)11-9-17/h4-12,20H,13H2,1-3H3,(H,24,28)(H,25,29). The molecule has 0 aliphatic heterocycles. The van der Waals surface area contributed by atoms with Crippen LogP contribution in [0.5, 0.6) is 0 Å². The zero-order valence-corrected chi connectivity index (χ0v) is 18.2. The van der Waals surface area contributed by atoms with Crippen molar-refractivity contribution in [3.05, 3.63) is 76.0 Å². The summed E-state index contributed by atoms with van der Waals surface area (Å²) in [4.78, 5) is 24.5. The lowest BCUT2D eigenvalue weighted by molar-refractivity contribution is -0.120. The Morgan fingerprint density at radius 2 is 1.79 bits per heavy atom. The van der Waals surface area contributed by atoms with Crippen molar-refractivity contribution in [2.45, 2.75) is 33.2 Å². The van der Waals surface area contributed by atoms with Crippen molar-refractivity contribution < 1.29 is 9.59 Å². The van der Waals surface area contributed by atoms with Crippen molar-refractivity contribution in [1.29, 1.82) is 0 Å². The van der Waals surface area contributed by atoms with Crippen LogP contribution in [0.4, 0.5) is 5.69 Å². The van der Waals surface area contributed by atoms with E-state index < -0.39 is 6.04 Å². The summed E-state index contributed by atoms with van der Waals surface area (Å²) >= 11 is 3.40. The summed E-state index contributed by atoms with van der Waals surface area (Å²) in [6.45, 7) is 5.35. The predicted molar refractivity (Wildman–Crippen MR) is 117 cm³/mol. The quantitative estimate of drug-likeness (QED) is 0.577. The van der Waals surface area contributed by atoms with Crippen LogP contribution in [-0.4, -0.2) is 21.6 Å². The van der Waals surface area contributed by atoms with Gasteiger partial charge in [-0.2, -0.15) is 5.10 Å². The molecular formula is C22H23BrN4O2. The van der Waals surface area contributed by atoms with Crippen LogP contribution in [-0.2, 0) is 9.59 Å². The van der Waals surface area contributed by atoms with Crippen LogP contribution >= 0.6 is 15.9 Å². The lowest BCUT2D eigenvalue weighted by Gasteiger charge is -2.19. The van der Waals surface area contributed by atoms with Gasteiger partial charge in [-0.25, -0.2) is 4.68 Å².